The summed E-state index contributed by atoms with van der Waals surface area (Å²) < 4.78 is 10.6. The van der Waals surface area contributed by atoms with E-state index in [1.54, 1.807) is 6.92 Å². The highest BCUT2D eigenvalue weighted by Gasteiger charge is 2.19. The number of nitrogens with zero attached hydrogens (tertiary/aromatic N) is 2. The second-order valence-electron chi connectivity index (χ2n) is 5.97. The fourth-order valence-corrected chi connectivity index (χ4v) is 2.86. The molecule has 1 aliphatic rings. The highest BCUT2D eigenvalue weighted by molar-refractivity contribution is 6.04. The van der Waals surface area contributed by atoms with Gasteiger partial charge in [0.25, 0.3) is 5.91 Å². The Hall–Kier alpha value is -3.13. The Morgan fingerprint density at radius 1 is 1.22 bits per heavy atom. The first-order valence-corrected chi connectivity index (χ1v) is 8.74. The lowest BCUT2D eigenvalue weighted by molar-refractivity contribution is -0.385. The van der Waals surface area contributed by atoms with Crippen LogP contribution in [-0.2, 0) is 4.74 Å². The number of anilines is 2. The van der Waals surface area contributed by atoms with E-state index in [0.717, 1.165) is 18.8 Å². The van der Waals surface area contributed by atoms with Gasteiger partial charge in [0.05, 0.1) is 24.7 Å². The summed E-state index contributed by atoms with van der Waals surface area (Å²) in [5.74, 6) is -0.269. The van der Waals surface area contributed by atoms with Crippen LogP contribution in [0.4, 0.5) is 17.1 Å². The minimum atomic E-state index is -0.557. The van der Waals surface area contributed by atoms with E-state index < -0.39 is 10.8 Å². The molecule has 0 radical (unpaired) electrons. The third-order valence-corrected chi connectivity index (χ3v) is 4.22. The van der Waals surface area contributed by atoms with Crippen LogP contribution in [0.2, 0.25) is 0 Å². The number of nitrogens with one attached hydrogen (secondary N) is 1. The number of carbonyl (C=O) groups is 1. The zero-order chi connectivity index (χ0) is 19.2. The highest BCUT2D eigenvalue weighted by atomic mass is 16.6. The van der Waals surface area contributed by atoms with Crippen LogP contribution in [0.5, 0.6) is 5.75 Å². The quantitative estimate of drug-likeness (QED) is 0.619. The molecule has 0 saturated carbocycles. The molecular weight excluding hydrogens is 350 g/mol. The smallest absolute Gasteiger partial charge is 0.311 e. The van der Waals surface area contributed by atoms with Crippen molar-refractivity contribution >= 4 is 23.0 Å². The van der Waals surface area contributed by atoms with Gasteiger partial charge in [0.15, 0.2) is 5.75 Å². The van der Waals surface area contributed by atoms with Crippen LogP contribution in [0.15, 0.2) is 42.5 Å². The van der Waals surface area contributed by atoms with E-state index in [0.29, 0.717) is 25.5 Å². The number of rotatable bonds is 6. The van der Waals surface area contributed by atoms with Gasteiger partial charge in [0.2, 0.25) is 0 Å². The van der Waals surface area contributed by atoms with Gasteiger partial charge in [-0.3, -0.25) is 14.9 Å². The number of morpholine rings is 1. The largest absolute Gasteiger partial charge is 0.487 e. The molecule has 2 aromatic carbocycles. The summed E-state index contributed by atoms with van der Waals surface area (Å²) in [7, 11) is 0. The Morgan fingerprint density at radius 3 is 2.56 bits per heavy atom. The molecular formula is C19H21N3O5. The van der Waals surface area contributed by atoms with E-state index in [1.807, 2.05) is 24.3 Å². The maximum absolute atomic E-state index is 12.4. The molecule has 0 atom stereocenters. The Bertz CT molecular complexity index is 817. The van der Waals surface area contributed by atoms with Gasteiger partial charge in [-0.2, -0.15) is 0 Å². The SMILES string of the molecule is CCOc1ccc(C(=O)Nc2ccc(N3CCOCC3)cc2)cc1[N+](=O)[O-]. The number of nitro groups is 1. The Labute approximate surface area is 156 Å². The fraction of sp³-hybridized carbons (Fsp3) is 0.316. The first-order chi connectivity index (χ1) is 13.1. The van der Waals surface area contributed by atoms with Crippen LogP contribution in [0.25, 0.3) is 0 Å². The molecule has 1 N–H and O–H groups in total. The molecule has 0 aliphatic carbocycles. The average Bonchev–Trinajstić information content (AvgIpc) is 2.69. The predicted molar refractivity (Wildman–Crippen MR) is 102 cm³/mol. The van der Waals surface area contributed by atoms with Crippen molar-refractivity contribution in [3.63, 3.8) is 0 Å². The Kier molecular flexibility index (Phi) is 5.87. The van der Waals surface area contributed by atoms with Crippen molar-refractivity contribution in [2.24, 2.45) is 0 Å². The minimum Gasteiger partial charge on any atom is -0.487 e. The van der Waals surface area contributed by atoms with E-state index in [9.17, 15) is 14.9 Å². The molecule has 27 heavy (non-hydrogen) atoms. The van der Waals surface area contributed by atoms with Crippen molar-refractivity contribution in [2.45, 2.75) is 6.92 Å². The summed E-state index contributed by atoms with van der Waals surface area (Å²) >= 11 is 0. The molecule has 3 rings (SSSR count). The predicted octanol–water partition coefficient (Wildman–Crippen LogP) is 3.08. The third-order valence-electron chi connectivity index (χ3n) is 4.22. The van der Waals surface area contributed by atoms with Gasteiger partial charge in [-0.05, 0) is 43.3 Å². The number of nitro benzene ring substituents is 1. The molecule has 0 unspecified atom stereocenters. The molecule has 1 saturated heterocycles. The normalized spacial score (nSPS) is 13.9. The van der Waals surface area contributed by atoms with E-state index in [4.69, 9.17) is 9.47 Å². The summed E-state index contributed by atoms with van der Waals surface area (Å²) in [5, 5.41) is 14.0. The summed E-state index contributed by atoms with van der Waals surface area (Å²) in [6, 6.07) is 11.7. The van der Waals surface area contributed by atoms with E-state index >= 15 is 0 Å². The summed E-state index contributed by atoms with van der Waals surface area (Å²) in [4.78, 5) is 25.3. The van der Waals surface area contributed by atoms with Gasteiger partial charge in [-0.15, -0.1) is 0 Å². The first kappa shape index (κ1) is 18.7. The van der Waals surface area contributed by atoms with E-state index in [2.05, 4.69) is 10.2 Å². The second-order valence-corrected chi connectivity index (χ2v) is 5.97. The molecule has 0 bridgehead atoms. The van der Waals surface area contributed by atoms with Gasteiger partial charge < -0.3 is 19.7 Å². The monoisotopic (exact) mass is 371 g/mol. The van der Waals surface area contributed by atoms with Crippen LogP contribution in [-0.4, -0.2) is 43.7 Å². The van der Waals surface area contributed by atoms with Crippen molar-refractivity contribution in [1.29, 1.82) is 0 Å². The van der Waals surface area contributed by atoms with Crippen LogP contribution in [0.1, 0.15) is 17.3 Å². The standard InChI is InChI=1S/C19H21N3O5/c1-2-27-18-8-3-14(13-17(18)22(24)25)19(23)20-15-4-6-16(7-5-15)21-9-11-26-12-10-21/h3-8,13H,2,9-12H2,1H3,(H,20,23). The molecule has 8 heteroatoms. The lowest BCUT2D eigenvalue weighted by Gasteiger charge is -2.28. The number of hydrogen-bond acceptors (Lipinski definition) is 6. The lowest BCUT2D eigenvalue weighted by Crippen LogP contribution is -2.36. The molecule has 0 spiro atoms. The van der Waals surface area contributed by atoms with Gasteiger partial charge in [-0.25, -0.2) is 0 Å². The molecule has 1 amide bonds. The van der Waals surface area contributed by atoms with Crippen molar-refractivity contribution in [1.82, 2.24) is 0 Å². The summed E-state index contributed by atoms with van der Waals surface area (Å²) in [5.41, 5.74) is 1.65. The van der Waals surface area contributed by atoms with Crippen LogP contribution in [0.3, 0.4) is 0 Å². The Balaban J connectivity index is 1.71. The maximum atomic E-state index is 12.4. The van der Waals surface area contributed by atoms with Crippen molar-refractivity contribution in [3.05, 3.63) is 58.1 Å². The number of benzene rings is 2. The molecule has 8 nitrogen and oxygen atoms in total. The fourth-order valence-electron chi connectivity index (χ4n) is 2.86. The highest BCUT2D eigenvalue weighted by Crippen LogP contribution is 2.28. The maximum Gasteiger partial charge on any atom is 0.311 e. The third kappa shape index (κ3) is 4.53. The van der Waals surface area contributed by atoms with Gasteiger partial charge in [-0.1, -0.05) is 0 Å². The molecule has 2 aromatic rings. The first-order valence-electron chi connectivity index (χ1n) is 8.74. The minimum absolute atomic E-state index is 0.147. The van der Waals surface area contributed by atoms with Gasteiger partial charge >= 0.3 is 5.69 Å². The number of hydrogen-bond donors (Lipinski definition) is 1. The number of amides is 1. The molecule has 1 aliphatic heterocycles. The van der Waals surface area contributed by atoms with Gasteiger partial charge in [0.1, 0.15) is 0 Å². The van der Waals surface area contributed by atoms with Crippen LogP contribution < -0.4 is 15.0 Å². The Morgan fingerprint density at radius 2 is 1.93 bits per heavy atom. The second kappa shape index (κ2) is 8.50. The number of ether oxygens (including phenoxy) is 2. The number of carbonyl (C=O) groups excluding carboxylic acids is 1. The van der Waals surface area contributed by atoms with Crippen molar-refractivity contribution in [3.8, 4) is 5.75 Å². The van der Waals surface area contributed by atoms with Crippen LogP contribution >= 0.6 is 0 Å². The summed E-state index contributed by atoms with van der Waals surface area (Å²) in [6.45, 7) is 5.12. The van der Waals surface area contributed by atoms with Crippen molar-refractivity contribution in [2.75, 3.05) is 43.1 Å². The van der Waals surface area contributed by atoms with Gasteiger partial charge in [0, 0.05) is 36.1 Å². The zero-order valence-electron chi connectivity index (χ0n) is 15.0. The van der Waals surface area contributed by atoms with Crippen LogP contribution in [0, 0.1) is 10.1 Å². The zero-order valence-corrected chi connectivity index (χ0v) is 15.0. The van der Waals surface area contributed by atoms with E-state index in [1.165, 1.54) is 18.2 Å². The summed E-state index contributed by atoms with van der Waals surface area (Å²) in [6.07, 6.45) is 0. The molecule has 1 fully saturated rings. The molecule has 142 valence electrons. The topological polar surface area (TPSA) is 93.9 Å². The molecule has 0 aromatic heterocycles. The van der Waals surface area contributed by atoms with Crippen molar-refractivity contribution < 1.29 is 19.2 Å². The van der Waals surface area contributed by atoms with E-state index in [-0.39, 0.29) is 17.0 Å². The average molecular weight is 371 g/mol. The molecule has 1 heterocycles. The lowest BCUT2D eigenvalue weighted by atomic mass is 10.1.